The van der Waals surface area contributed by atoms with Crippen molar-refractivity contribution in [2.45, 2.75) is 10.8 Å². The van der Waals surface area contributed by atoms with Crippen molar-refractivity contribution < 1.29 is 33.8 Å². The van der Waals surface area contributed by atoms with Crippen LogP contribution >= 0.6 is 0 Å². The number of ketones is 1. The molecule has 0 spiro atoms. The lowest BCUT2D eigenvalue weighted by molar-refractivity contribution is -0.130. The molecule has 8 rings (SSSR count). The Balaban J connectivity index is 1.53. The van der Waals surface area contributed by atoms with E-state index < -0.39 is 40.4 Å². The highest BCUT2D eigenvalue weighted by Crippen LogP contribution is 2.74. The SMILES string of the molecule is COc1ccc(C2=C(c3ccc(OC)cc3)[C@@]3(c4ccccc4)C(=O)[C@]2(c2ccccc2)[C@H]2C(=O)N(c4cccc(C(=O)O)c4)C(=O)[C@@H]23)cc1. The van der Waals surface area contributed by atoms with Gasteiger partial charge >= 0.3 is 5.97 Å². The molecule has 4 atom stereocenters. The average molecular weight is 662 g/mol. The molecule has 8 nitrogen and oxygen atoms in total. The highest BCUT2D eigenvalue weighted by molar-refractivity contribution is 6.39. The molecule has 1 saturated carbocycles. The van der Waals surface area contributed by atoms with Crippen LogP contribution in [-0.2, 0) is 25.2 Å². The largest absolute Gasteiger partial charge is 0.497 e. The zero-order valence-corrected chi connectivity index (χ0v) is 27.2. The number of hydrogen-bond donors (Lipinski definition) is 1. The third-order valence-electron chi connectivity index (χ3n) is 10.6. The van der Waals surface area contributed by atoms with E-state index in [1.165, 1.54) is 18.2 Å². The molecule has 1 saturated heterocycles. The van der Waals surface area contributed by atoms with Gasteiger partial charge in [-0.1, -0.05) is 91.0 Å². The second-order valence-electron chi connectivity index (χ2n) is 12.7. The molecular formula is C42H31NO7. The van der Waals surface area contributed by atoms with E-state index in [2.05, 4.69) is 0 Å². The number of rotatable bonds is 8. The lowest BCUT2D eigenvalue weighted by Crippen LogP contribution is -2.45. The molecule has 50 heavy (non-hydrogen) atoms. The van der Waals surface area contributed by atoms with Crippen LogP contribution in [0.1, 0.15) is 32.6 Å². The molecule has 0 radical (unpaired) electrons. The first-order valence-electron chi connectivity index (χ1n) is 16.2. The minimum atomic E-state index is -1.60. The third-order valence-corrected chi connectivity index (χ3v) is 10.6. The number of allylic oxidation sites excluding steroid dienone is 2. The fourth-order valence-corrected chi connectivity index (χ4v) is 8.67. The number of benzene rings is 5. The van der Waals surface area contributed by atoms with Crippen molar-refractivity contribution in [3.8, 4) is 11.5 Å². The van der Waals surface area contributed by atoms with Crippen LogP contribution < -0.4 is 14.4 Å². The minimum Gasteiger partial charge on any atom is -0.497 e. The number of ether oxygens (including phenoxy) is 2. The maximum Gasteiger partial charge on any atom is 0.335 e. The number of fused-ring (bicyclic) bond motifs is 5. The maximum atomic E-state index is 16.0. The molecule has 5 aromatic carbocycles. The summed E-state index contributed by atoms with van der Waals surface area (Å²) in [5, 5.41) is 9.79. The van der Waals surface area contributed by atoms with Crippen LogP contribution in [-0.4, -0.2) is 42.9 Å². The number of hydrogen-bond acceptors (Lipinski definition) is 6. The van der Waals surface area contributed by atoms with Crippen molar-refractivity contribution in [1.29, 1.82) is 0 Å². The minimum absolute atomic E-state index is 0.0641. The topological polar surface area (TPSA) is 110 Å². The van der Waals surface area contributed by atoms with Gasteiger partial charge in [0.1, 0.15) is 11.5 Å². The molecule has 3 aliphatic rings. The molecular weight excluding hydrogens is 630 g/mol. The number of carboxylic acids is 1. The normalized spacial score (nSPS) is 23.7. The first kappa shape index (κ1) is 31.0. The number of carbonyl (C=O) groups excluding carboxylic acids is 3. The monoisotopic (exact) mass is 661 g/mol. The van der Waals surface area contributed by atoms with E-state index in [1.54, 1.807) is 20.3 Å². The summed E-state index contributed by atoms with van der Waals surface area (Å²) in [7, 11) is 3.16. The fourth-order valence-electron chi connectivity index (χ4n) is 8.67. The van der Waals surface area contributed by atoms with E-state index in [0.717, 1.165) is 4.90 Å². The van der Waals surface area contributed by atoms with Crippen molar-refractivity contribution in [3.63, 3.8) is 0 Å². The molecule has 2 bridgehead atoms. The van der Waals surface area contributed by atoms with E-state index in [4.69, 9.17) is 9.47 Å². The zero-order chi connectivity index (χ0) is 34.8. The van der Waals surface area contributed by atoms with Crippen molar-refractivity contribution >= 4 is 40.4 Å². The van der Waals surface area contributed by atoms with Crippen molar-refractivity contribution in [3.05, 3.63) is 161 Å². The van der Waals surface area contributed by atoms with Crippen molar-refractivity contribution in [1.82, 2.24) is 0 Å². The number of Topliss-reactive ketones (excluding diaryl/α,β-unsaturated/α-hetero) is 1. The Morgan fingerprint density at radius 3 is 1.44 bits per heavy atom. The molecule has 0 unspecified atom stereocenters. The Hall–Kier alpha value is -6.28. The Morgan fingerprint density at radius 1 is 0.600 bits per heavy atom. The molecule has 1 aliphatic heterocycles. The summed E-state index contributed by atoms with van der Waals surface area (Å²) >= 11 is 0. The summed E-state index contributed by atoms with van der Waals surface area (Å²) in [6, 6.07) is 39.1. The van der Waals surface area contributed by atoms with Gasteiger partial charge in [0.2, 0.25) is 11.8 Å². The van der Waals surface area contributed by atoms with Gasteiger partial charge in [-0.2, -0.15) is 0 Å². The molecule has 2 amide bonds. The van der Waals surface area contributed by atoms with Crippen LogP contribution in [0.4, 0.5) is 5.69 Å². The second-order valence-corrected chi connectivity index (χ2v) is 12.7. The summed E-state index contributed by atoms with van der Waals surface area (Å²) in [6.07, 6.45) is 0. The van der Waals surface area contributed by atoms with Gasteiger partial charge in [0, 0.05) is 0 Å². The lowest BCUT2D eigenvalue weighted by atomic mass is 9.59. The molecule has 1 N–H and O–H groups in total. The number of carboxylic acid groups (broad SMARTS) is 1. The average Bonchev–Trinajstić information content (AvgIpc) is 3.67. The molecule has 2 aliphatic carbocycles. The quantitative estimate of drug-likeness (QED) is 0.187. The Bertz CT molecular complexity index is 2100. The summed E-state index contributed by atoms with van der Waals surface area (Å²) in [5.74, 6) is -3.60. The molecule has 246 valence electrons. The van der Waals surface area contributed by atoms with E-state index in [9.17, 15) is 9.90 Å². The van der Waals surface area contributed by atoms with Crippen LogP contribution in [0.5, 0.6) is 11.5 Å². The number of amides is 2. The number of anilines is 1. The molecule has 2 fully saturated rings. The Morgan fingerprint density at radius 2 is 1.04 bits per heavy atom. The van der Waals surface area contributed by atoms with Gasteiger partial charge in [-0.3, -0.25) is 14.4 Å². The number of carbonyl (C=O) groups is 4. The Kier molecular flexibility index (Phi) is 7.08. The van der Waals surface area contributed by atoms with Crippen LogP contribution in [0.3, 0.4) is 0 Å². The van der Waals surface area contributed by atoms with Gasteiger partial charge in [-0.15, -0.1) is 0 Å². The number of nitrogens with zero attached hydrogens (tertiary/aromatic N) is 1. The van der Waals surface area contributed by atoms with Crippen LogP contribution in [0.2, 0.25) is 0 Å². The molecule has 5 aromatic rings. The molecule has 8 heteroatoms. The smallest absolute Gasteiger partial charge is 0.335 e. The third kappa shape index (κ3) is 3.99. The molecule has 0 aromatic heterocycles. The summed E-state index contributed by atoms with van der Waals surface area (Å²) in [6.45, 7) is 0. The summed E-state index contributed by atoms with van der Waals surface area (Å²) < 4.78 is 11.0. The predicted molar refractivity (Wildman–Crippen MR) is 187 cm³/mol. The van der Waals surface area contributed by atoms with E-state index >= 15 is 14.4 Å². The number of imide groups is 1. The van der Waals surface area contributed by atoms with E-state index in [-0.39, 0.29) is 17.0 Å². The van der Waals surface area contributed by atoms with Gasteiger partial charge in [-0.05, 0) is 75.9 Å². The van der Waals surface area contributed by atoms with Crippen LogP contribution in [0, 0.1) is 11.8 Å². The molecule has 1 heterocycles. The maximum absolute atomic E-state index is 16.0. The van der Waals surface area contributed by atoms with Gasteiger partial charge in [-0.25, -0.2) is 9.69 Å². The first-order chi connectivity index (χ1) is 24.3. The Labute approximate surface area is 288 Å². The standard InChI is InChI=1S/C42H31NO7/c1-49-31-20-16-25(17-21-31)33-34(26-18-22-32(50-2)23-19-26)42(29-13-7-4-8-14-29)36-35(41(33,40(42)48)28-11-5-3-6-12-28)37(44)43(38(36)45)30-15-9-10-27(24-30)39(46)47/h3-24,35-36H,1-2H3,(H,46,47)/t35-,36-,41-,42+/m1/s1. The fraction of sp³-hybridized carbons (Fsp3) is 0.143. The second kappa shape index (κ2) is 11.4. The van der Waals surface area contributed by atoms with Crippen molar-refractivity contribution in [2.24, 2.45) is 11.8 Å². The van der Waals surface area contributed by atoms with E-state index in [0.29, 0.717) is 44.9 Å². The van der Waals surface area contributed by atoms with Crippen molar-refractivity contribution in [2.75, 3.05) is 19.1 Å². The number of aromatic carboxylic acids is 1. The predicted octanol–water partition coefficient (Wildman–Crippen LogP) is 6.59. The van der Waals surface area contributed by atoms with Crippen LogP contribution in [0.15, 0.2) is 133 Å². The van der Waals surface area contributed by atoms with Crippen LogP contribution in [0.25, 0.3) is 11.1 Å². The lowest BCUT2D eigenvalue weighted by Gasteiger charge is -2.39. The summed E-state index contributed by atoms with van der Waals surface area (Å²) in [4.78, 5) is 59.3. The van der Waals surface area contributed by atoms with Gasteiger partial charge in [0.25, 0.3) is 0 Å². The first-order valence-corrected chi connectivity index (χ1v) is 16.2. The number of methoxy groups -OCH3 is 2. The highest BCUT2D eigenvalue weighted by Gasteiger charge is 2.82. The summed E-state index contributed by atoms with van der Waals surface area (Å²) in [5.41, 5.74) is 0.741. The van der Waals surface area contributed by atoms with Gasteiger partial charge < -0.3 is 14.6 Å². The highest BCUT2D eigenvalue weighted by atomic mass is 16.5. The van der Waals surface area contributed by atoms with E-state index in [1.807, 2.05) is 109 Å². The van der Waals surface area contributed by atoms with Gasteiger partial charge in [0.05, 0.1) is 48.1 Å². The van der Waals surface area contributed by atoms with Gasteiger partial charge in [0.15, 0.2) is 5.78 Å². The zero-order valence-electron chi connectivity index (χ0n) is 27.2.